The van der Waals surface area contributed by atoms with E-state index >= 15 is 0 Å². The number of amides is 1. The molecule has 6 heteroatoms. The lowest BCUT2D eigenvalue weighted by atomic mass is 9.80. The Morgan fingerprint density at radius 2 is 1.27 bits per heavy atom. The standard InChI is InChI=1S/C31H49N3O3/c1-29(2,3)23-20-24(30(4,5)6)22-26(21-23)33-32-25-14-16-27(17-15-25)37-19-13-11-10-12-18-34(28(35)36)31(7,8)9/h14-17,20-22,32-33H,10-13,18-19H2,1-9H3,(H,35,36). The maximum absolute atomic E-state index is 11.4. The molecule has 3 N–H and O–H groups in total. The molecule has 0 heterocycles. The summed E-state index contributed by atoms with van der Waals surface area (Å²) < 4.78 is 5.90. The number of hydrazine groups is 1. The zero-order valence-electron chi connectivity index (χ0n) is 24.5. The Morgan fingerprint density at radius 3 is 1.76 bits per heavy atom. The van der Waals surface area contributed by atoms with Gasteiger partial charge in [-0.05, 0) is 92.0 Å². The van der Waals surface area contributed by atoms with Crippen molar-refractivity contribution >= 4 is 17.5 Å². The van der Waals surface area contributed by atoms with Crippen LogP contribution in [0.3, 0.4) is 0 Å². The number of anilines is 2. The Morgan fingerprint density at radius 1 is 0.757 bits per heavy atom. The highest BCUT2D eigenvalue weighted by molar-refractivity contribution is 5.65. The number of rotatable bonds is 11. The van der Waals surface area contributed by atoms with E-state index in [1.54, 1.807) is 0 Å². The molecule has 0 radical (unpaired) electrons. The van der Waals surface area contributed by atoms with Gasteiger partial charge in [0.15, 0.2) is 0 Å². The van der Waals surface area contributed by atoms with Crippen LogP contribution in [-0.2, 0) is 10.8 Å². The molecule has 0 aliphatic heterocycles. The van der Waals surface area contributed by atoms with E-state index in [-0.39, 0.29) is 16.4 Å². The summed E-state index contributed by atoms with van der Waals surface area (Å²) in [7, 11) is 0. The van der Waals surface area contributed by atoms with Crippen molar-refractivity contribution in [3.05, 3.63) is 53.6 Å². The quantitative estimate of drug-likeness (QED) is 0.208. The van der Waals surface area contributed by atoms with E-state index < -0.39 is 6.09 Å². The van der Waals surface area contributed by atoms with Crippen LogP contribution < -0.4 is 15.6 Å². The molecule has 0 aliphatic rings. The third kappa shape index (κ3) is 10.2. The van der Waals surface area contributed by atoms with Crippen LogP contribution in [0.2, 0.25) is 0 Å². The first-order valence-electron chi connectivity index (χ1n) is 13.5. The third-order valence-corrected chi connectivity index (χ3v) is 6.46. The minimum Gasteiger partial charge on any atom is -0.494 e. The van der Waals surface area contributed by atoms with Gasteiger partial charge in [-0.2, -0.15) is 0 Å². The molecular formula is C31H49N3O3. The monoisotopic (exact) mass is 511 g/mol. The largest absolute Gasteiger partial charge is 0.494 e. The van der Waals surface area contributed by atoms with Gasteiger partial charge < -0.3 is 25.6 Å². The number of hydrogen-bond acceptors (Lipinski definition) is 4. The highest BCUT2D eigenvalue weighted by Crippen LogP contribution is 2.32. The second kappa shape index (κ2) is 12.6. The number of benzene rings is 2. The summed E-state index contributed by atoms with van der Waals surface area (Å²) in [6, 6.07) is 14.7. The smallest absolute Gasteiger partial charge is 0.407 e. The van der Waals surface area contributed by atoms with Gasteiger partial charge in [0.05, 0.1) is 18.0 Å². The highest BCUT2D eigenvalue weighted by Gasteiger charge is 2.25. The summed E-state index contributed by atoms with van der Waals surface area (Å²) in [5.74, 6) is 0.847. The zero-order chi connectivity index (χ0) is 27.9. The Bertz CT molecular complexity index is 964. The van der Waals surface area contributed by atoms with E-state index in [9.17, 15) is 9.90 Å². The zero-order valence-corrected chi connectivity index (χ0v) is 24.5. The summed E-state index contributed by atoms with van der Waals surface area (Å²) in [5, 5.41) is 9.36. The van der Waals surface area contributed by atoms with Gasteiger partial charge in [0.2, 0.25) is 0 Å². The molecule has 1 amide bonds. The van der Waals surface area contributed by atoms with Crippen molar-refractivity contribution in [1.82, 2.24) is 4.90 Å². The van der Waals surface area contributed by atoms with Gasteiger partial charge in [-0.25, -0.2) is 4.79 Å². The minimum atomic E-state index is -0.850. The van der Waals surface area contributed by atoms with E-state index in [1.807, 2.05) is 45.0 Å². The predicted octanol–water partition coefficient (Wildman–Crippen LogP) is 8.44. The molecule has 6 nitrogen and oxygen atoms in total. The maximum atomic E-state index is 11.4. The number of carbonyl (C=O) groups is 1. The van der Waals surface area contributed by atoms with Crippen LogP contribution in [-0.4, -0.2) is 34.8 Å². The van der Waals surface area contributed by atoms with Crippen LogP contribution >= 0.6 is 0 Å². The second-order valence-electron chi connectivity index (χ2n) is 12.9. The number of nitrogens with one attached hydrogen (secondary N) is 2. The van der Waals surface area contributed by atoms with Crippen LogP contribution in [0.1, 0.15) is 99.1 Å². The number of hydrogen-bond donors (Lipinski definition) is 3. The summed E-state index contributed by atoms with van der Waals surface area (Å²) >= 11 is 0. The first kappa shape index (κ1) is 30.3. The molecule has 2 aromatic carbocycles. The molecule has 0 fully saturated rings. The molecule has 0 unspecified atom stereocenters. The summed E-state index contributed by atoms with van der Waals surface area (Å²) in [4.78, 5) is 12.9. The normalized spacial score (nSPS) is 12.2. The molecule has 206 valence electrons. The third-order valence-electron chi connectivity index (χ3n) is 6.46. The summed E-state index contributed by atoms with van der Waals surface area (Å²) in [6.45, 7) is 20.5. The van der Waals surface area contributed by atoms with E-state index in [2.05, 4.69) is 70.6 Å². The molecule has 0 bridgehead atoms. The number of unbranched alkanes of at least 4 members (excludes halogenated alkanes) is 3. The van der Waals surface area contributed by atoms with Crippen molar-refractivity contribution < 1.29 is 14.6 Å². The van der Waals surface area contributed by atoms with Gasteiger partial charge in [-0.15, -0.1) is 0 Å². The molecule has 0 aliphatic carbocycles. The lowest BCUT2D eigenvalue weighted by molar-refractivity contribution is 0.0989. The van der Waals surface area contributed by atoms with E-state index in [0.717, 1.165) is 42.8 Å². The van der Waals surface area contributed by atoms with Crippen molar-refractivity contribution in [1.29, 1.82) is 0 Å². The number of ether oxygens (including phenoxy) is 1. The lowest BCUT2D eigenvalue weighted by Gasteiger charge is -2.33. The first-order valence-corrected chi connectivity index (χ1v) is 13.5. The average molecular weight is 512 g/mol. The molecule has 2 rings (SSSR count). The topological polar surface area (TPSA) is 73.8 Å². The fraction of sp³-hybridized carbons (Fsp3) is 0.581. The molecule has 0 spiro atoms. The van der Waals surface area contributed by atoms with Crippen molar-refractivity contribution in [3.8, 4) is 5.75 Å². The SMILES string of the molecule is CC(C)(C)c1cc(NNc2ccc(OCCCCCCN(C(=O)O)C(C)(C)C)cc2)cc(C(C)(C)C)c1. The minimum absolute atomic E-state index is 0.0714. The van der Waals surface area contributed by atoms with Gasteiger partial charge in [0, 0.05) is 12.1 Å². The van der Waals surface area contributed by atoms with Gasteiger partial charge in [-0.3, -0.25) is 0 Å². The summed E-state index contributed by atoms with van der Waals surface area (Å²) in [6.07, 6.45) is 2.98. The molecule has 0 saturated carbocycles. The van der Waals surface area contributed by atoms with E-state index in [0.29, 0.717) is 13.2 Å². The molecule has 37 heavy (non-hydrogen) atoms. The van der Waals surface area contributed by atoms with Crippen molar-refractivity contribution in [3.63, 3.8) is 0 Å². The molecular weight excluding hydrogens is 462 g/mol. The van der Waals surface area contributed by atoms with Crippen LogP contribution in [0.4, 0.5) is 16.2 Å². The van der Waals surface area contributed by atoms with Gasteiger partial charge in [0.1, 0.15) is 5.75 Å². The molecule has 0 aromatic heterocycles. The van der Waals surface area contributed by atoms with Crippen molar-refractivity contribution in [2.24, 2.45) is 0 Å². The fourth-order valence-electron chi connectivity index (χ4n) is 3.98. The molecule has 2 aromatic rings. The first-order chi connectivity index (χ1) is 17.1. The van der Waals surface area contributed by atoms with Gasteiger partial charge >= 0.3 is 6.09 Å². The van der Waals surface area contributed by atoms with E-state index in [1.165, 1.54) is 16.0 Å². The number of nitrogens with zero attached hydrogens (tertiary/aromatic N) is 1. The Labute approximate surface area is 224 Å². The van der Waals surface area contributed by atoms with Crippen molar-refractivity contribution in [2.75, 3.05) is 24.0 Å². The fourth-order valence-corrected chi connectivity index (χ4v) is 3.98. The Kier molecular flexibility index (Phi) is 10.3. The molecule has 0 atom stereocenters. The lowest BCUT2D eigenvalue weighted by Crippen LogP contribution is -2.45. The summed E-state index contributed by atoms with van der Waals surface area (Å²) in [5.41, 5.74) is 11.1. The average Bonchev–Trinajstić information content (AvgIpc) is 2.77. The predicted molar refractivity (Wildman–Crippen MR) is 156 cm³/mol. The van der Waals surface area contributed by atoms with Crippen LogP contribution in [0.15, 0.2) is 42.5 Å². The van der Waals surface area contributed by atoms with Crippen LogP contribution in [0.5, 0.6) is 5.75 Å². The highest BCUT2D eigenvalue weighted by atomic mass is 16.5. The Balaban J connectivity index is 1.79. The van der Waals surface area contributed by atoms with Gasteiger partial charge in [0.25, 0.3) is 0 Å². The van der Waals surface area contributed by atoms with Crippen LogP contribution in [0, 0.1) is 0 Å². The van der Waals surface area contributed by atoms with Crippen LogP contribution in [0.25, 0.3) is 0 Å². The van der Waals surface area contributed by atoms with Crippen molar-refractivity contribution in [2.45, 2.75) is 104 Å². The molecule has 0 saturated heterocycles. The second-order valence-corrected chi connectivity index (χ2v) is 12.9. The number of carboxylic acid groups (broad SMARTS) is 1. The Hall–Kier alpha value is -2.89. The van der Waals surface area contributed by atoms with E-state index in [4.69, 9.17) is 4.74 Å². The van der Waals surface area contributed by atoms with Gasteiger partial charge in [-0.1, -0.05) is 60.5 Å². The maximum Gasteiger partial charge on any atom is 0.407 e.